The van der Waals surface area contributed by atoms with Crippen molar-refractivity contribution in [3.63, 3.8) is 0 Å². The Morgan fingerprint density at radius 1 is 0.479 bits per heavy atom. The molecule has 30 nitrogen and oxygen atoms in total. The largest absolute Gasteiger partial charge is 0.462 e. The van der Waals surface area contributed by atoms with Crippen molar-refractivity contribution in [2.24, 2.45) is 0 Å². The fourth-order valence-electron chi connectivity index (χ4n) is 8.59. The van der Waals surface area contributed by atoms with E-state index in [-0.39, 0.29) is 18.0 Å². The predicted octanol–water partition coefficient (Wildman–Crippen LogP) is -8.41. The zero-order valence-electron chi connectivity index (χ0n) is 37.1. The monoisotopic (exact) mass is 1030 g/mol. The summed E-state index contributed by atoms with van der Waals surface area (Å²) >= 11 is 0. The van der Waals surface area contributed by atoms with Crippen LogP contribution in [-0.2, 0) is 42.6 Å². The maximum atomic E-state index is 11.3. The van der Waals surface area contributed by atoms with E-state index in [0.717, 1.165) is 12.1 Å². The van der Waals surface area contributed by atoms with Gasteiger partial charge in [-0.1, -0.05) is 6.07 Å². The molecule has 71 heavy (non-hydrogen) atoms. The third kappa shape index (κ3) is 12.0. The number of nitro benzene ring substituents is 1. The lowest BCUT2D eigenvalue weighted by molar-refractivity contribution is -0.392. The normalized spacial score (nSPS) is 44.2. The van der Waals surface area contributed by atoms with E-state index in [2.05, 4.69) is 10.3 Å². The maximum Gasteiger partial charge on any atom is 0.269 e. The summed E-state index contributed by atoms with van der Waals surface area (Å²) in [5, 5.41) is 176. The van der Waals surface area contributed by atoms with E-state index >= 15 is 0 Å². The molecule has 0 amide bonds. The first-order chi connectivity index (χ1) is 33.9. The smallest absolute Gasteiger partial charge is 0.269 e. The van der Waals surface area contributed by atoms with Crippen LogP contribution in [0.15, 0.2) is 48.7 Å². The average Bonchev–Trinajstić information content (AvgIpc) is 3.37. The molecule has 2 aromatic rings. The van der Waals surface area contributed by atoms with Crippen LogP contribution >= 0.6 is 0 Å². The van der Waals surface area contributed by atoms with E-state index in [0.29, 0.717) is 5.82 Å². The minimum absolute atomic E-state index is 0.0179. The fourth-order valence-corrected chi connectivity index (χ4v) is 8.59. The maximum absolute atomic E-state index is 11.3. The summed E-state index contributed by atoms with van der Waals surface area (Å²) < 4.78 is 56.6. The van der Waals surface area contributed by atoms with Gasteiger partial charge in [-0.3, -0.25) is 10.1 Å². The molecule has 1 aromatic heterocycles. The minimum Gasteiger partial charge on any atom is -0.462 e. The molecule has 30 heteroatoms. The van der Waals surface area contributed by atoms with Gasteiger partial charge >= 0.3 is 0 Å². The third-order valence-electron chi connectivity index (χ3n) is 12.6. The number of pyridine rings is 1. The number of hydrogen-bond acceptors (Lipinski definition) is 29. The first-order valence-corrected chi connectivity index (χ1v) is 22.3. The molecule has 16 N–H and O–H groups in total. The van der Waals surface area contributed by atoms with Crippen LogP contribution in [0.3, 0.4) is 0 Å². The van der Waals surface area contributed by atoms with Crippen LogP contribution in [0.1, 0.15) is 0 Å². The molecule has 1 aromatic carbocycles. The highest BCUT2D eigenvalue weighted by molar-refractivity contribution is 5.36. The van der Waals surface area contributed by atoms with Gasteiger partial charge in [0.15, 0.2) is 25.2 Å². The van der Waals surface area contributed by atoms with Gasteiger partial charge in [-0.25, -0.2) is 4.98 Å². The number of ether oxygens (including phenoxy) is 10. The van der Waals surface area contributed by atoms with Gasteiger partial charge < -0.3 is 129 Å². The van der Waals surface area contributed by atoms with E-state index in [4.69, 9.17) is 47.4 Å². The topological polar surface area (TPSA) is 464 Å². The Balaban J connectivity index is 0.950. The SMILES string of the molecule is O=[N+]([O-])c1ccc(O[C@H]2O[C@H](CO)[C@@H](O[C@H]3O[C@H](CO)[C@@H](O[C@H]4O[C@H](CO)[C@@H](O[C@H]5O[C@H](CO)[C@@H](O[C@H]6O[C@H](CNc7ccccn7)[C@@H](O)[C@H](O)[C@H]6O)[C@H](O)[C@H]5O)[C@H](O)[C@H]4O)[C@H](O)[C@H]3O)[C@H](O)[C@H]2O)cc1. The predicted molar refractivity (Wildman–Crippen MR) is 224 cm³/mol. The molecular weight excluding hydrogens is 966 g/mol. The van der Waals surface area contributed by atoms with Gasteiger partial charge in [0.25, 0.3) is 5.69 Å². The number of anilines is 1. The zero-order valence-corrected chi connectivity index (χ0v) is 37.1. The molecule has 5 aliphatic heterocycles. The summed E-state index contributed by atoms with van der Waals surface area (Å²) in [6, 6.07) is 9.57. The summed E-state index contributed by atoms with van der Waals surface area (Å²) in [6.07, 6.45) is -44.2. The molecule has 0 bridgehead atoms. The molecule has 25 atom stereocenters. The number of benzene rings is 1. The first-order valence-electron chi connectivity index (χ1n) is 22.3. The molecule has 0 aliphatic carbocycles. The van der Waals surface area contributed by atoms with E-state index in [1.54, 1.807) is 18.2 Å². The Morgan fingerprint density at radius 2 is 0.845 bits per heavy atom. The number of rotatable bonds is 18. The van der Waals surface area contributed by atoms with E-state index in [1.165, 1.54) is 18.3 Å². The summed E-state index contributed by atoms with van der Waals surface area (Å²) in [7, 11) is 0. The molecular formula is C41H59N3O27. The van der Waals surface area contributed by atoms with Crippen molar-refractivity contribution >= 4 is 11.5 Å². The molecule has 6 heterocycles. The summed E-state index contributed by atoms with van der Waals surface area (Å²) in [4.78, 5) is 14.4. The van der Waals surface area contributed by atoms with Crippen molar-refractivity contribution in [1.82, 2.24) is 4.98 Å². The molecule has 400 valence electrons. The van der Waals surface area contributed by atoms with Crippen molar-refractivity contribution in [1.29, 1.82) is 0 Å². The number of aliphatic hydroxyl groups is 15. The molecule has 0 saturated carbocycles. The van der Waals surface area contributed by atoms with Crippen LogP contribution < -0.4 is 10.1 Å². The second-order valence-corrected chi connectivity index (χ2v) is 17.2. The molecule has 0 spiro atoms. The van der Waals surface area contributed by atoms with Crippen LogP contribution in [0, 0.1) is 10.1 Å². The summed E-state index contributed by atoms with van der Waals surface area (Å²) in [5.74, 6) is 0.368. The van der Waals surface area contributed by atoms with Crippen molar-refractivity contribution in [2.45, 2.75) is 154 Å². The Hall–Kier alpha value is -3.59. The quantitative estimate of drug-likeness (QED) is 0.0487. The van der Waals surface area contributed by atoms with Crippen LogP contribution in [-0.4, -0.2) is 273 Å². The van der Waals surface area contributed by atoms with Crippen molar-refractivity contribution in [3.8, 4) is 5.75 Å². The second kappa shape index (κ2) is 24.2. The number of nitrogens with zero attached hydrogens (tertiary/aromatic N) is 2. The lowest BCUT2D eigenvalue weighted by atomic mass is 9.95. The number of hydrogen-bond donors (Lipinski definition) is 16. The zero-order chi connectivity index (χ0) is 51.4. The molecule has 5 fully saturated rings. The van der Waals surface area contributed by atoms with E-state index < -0.39 is 185 Å². The molecule has 7 rings (SSSR count). The van der Waals surface area contributed by atoms with Crippen LogP contribution in [0.2, 0.25) is 0 Å². The molecule has 5 saturated heterocycles. The van der Waals surface area contributed by atoms with Gasteiger partial charge in [-0.05, 0) is 24.3 Å². The number of non-ortho nitro benzene ring substituents is 1. The van der Waals surface area contributed by atoms with Gasteiger partial charge in [-0.2, -0.15) is 0 Å². The fraction of sp³-hybridized carbons (Fsp3) is 0.732. The van der Waals surface area contributed by atoms with Gasteiger partial charge in [-0.15, -0.1) is 0 Å². The van der Waals surface area contributed by atoms with Crippen molar-refractivity contribution < 1.29 is 129 Å². The highest BCUT2D eigenvalue weighted by Gasteiger charge is 2.56. The van der Waals surface area contributed by atoms with Gasteiger partial charge in [0.05, 0.1) is 31.4 Å². The van der Waals surface area contributed by atoms with Gasteiger partial charge in [0, 0.05) is 24.9 Å². The molecule has 0 unspecified atom stereocenters. The standard InChI is InChI=1S/C41H59N3O27/c45-10-17-33(24(51)29(56)37(64-17)62-15-6-4-14(5-7-15)44(60)61)69-39-31(58)26(53)35(19(12-47)66-39)71-41-32(59)27(54)36(20(13-48)67-41)70-40-30(57)25(52)34(18(11-46)65-40)68-38-28(55)23(50)22(49)16(63-38)9-43-21-3-1-2-8-42-21/h1-8,16-20,22-41,45-59H,9-13H2,(H,42,43)/t16-,17-,18-,19-,20-,22-,23+,24-,25-,26-,27-,28-,29-,30-,31-,32-,33-,34-,35-,36-,37+,38-,39-,40-,41-/m1/s1. The van der Waals surface area contributed by atoms with Crippen molar-refractivity contribution in [2.75, 3.05) is 38.3 Å². The summed E-state index contributed by atoms with van der Waals surface area (Å²) in [6.45, 7) is -3.93. The van der Waals surface area contributed by atoms with E-state index in [9.17, 15) is 86.7 Å². The number of aliphatic hydroxyl groups excluding tert-OH is 15. The third-order valence-corrected chi connectivity index (χ3v) is 12.6. The minimum atomic E-state index is -2.15. The first kappa shape index (κ1) is 55.2. The Labute approximate surface area is 401 Å². The average molecular weight is 1030 g/mol. The molecule has 5 aliphatic rings. The Kier molecular flexibility index (Phi) is 18.8. The van der Waals surface area contributed by atoms with Crippen LogP contribution in [0.5, 0.6) is 5.75 Å². The van der Waals surface area contributed by atoms with Crippen LogP contribution in [0.4, 0.5) is 11.5 Å². The Morgan fingerprint density at radius 3 is 1.21 bits per heavy atom. The molecule has 0 radical (unpaired) electrons. The summed E-state index contributed by atoms with van der Waals surface area (Å²) in [5.41, 5.74) is -0.266. The lowest BCUT2D eigenvalue weighted by Gasteiger charge is -2.49. The highest BCUT2D eigenvalue weighted by atomic mass is 16.8. The van der Waals surface area contributed by atoms with E-state index in [1.807, 2.05) is 0 Å². The second-order valence-electron chi connectivity index (χ2n) is 17.2. The Bertz CT molecular complexity index is 1960. The lowest BCUT2D eigenvalue weighted by Crippen LogP contribution is -2.68. The number of aromatic nitrogens is 1. The highest BCUT2D eigenvalue weighted by Crippen LogP contribution is 2.36. The number of nitrogens with one attached hydrogen (secondary N) is 1. The van der Waals surface area contributed by atoms with Crippen molar-refractivity contribution in [3.05, 3.63) is 58.8 Å². The number of nitro groups is 1. The van der Waals surface area contributed by atoms with Crippen LogP contribution in [0.25, 0.3) is 0 Å². The van der Waals surface area contributed by atoms with Gasteiger partial charge in [0.2, 0.25) is 6.29 Å². The van der Waals surface area contributed by atoms with Gasteiger partial charge in [0.1, 0.15) is 134 Å².